The van der Waals surface area contributed by atoms with Gasteiger partial charge in [-0.1, -0.05) is 20.8 Å². The van der Waals surface area contributed by atoms with E-state index in [1.54, 1.807) is 24.4 Å². The fourth-order valence-corrected chi connectivity index (χ4v) is 2.91. The zero-order valence-electron chi connectivity index (χ0n) is 15.0. The third-order valence-electron chi connectivity index (χ3n) is 3.97. The highest BCUT2D eigenvalue weighted by Crippen LogP contribution is 2.24. The van der Waals surface area contributed by atoms with Crippen molar-refractivity contribution in [1.29, 1.82) is 0 Å². The van der Waals surface area contributed by atoms with Crippen molar-refractivity contribution in [1.82, 2.24) is 14.1 Å². The van der Waals surface area contributed by atoms with Crippen LogP contribution in [0.5, 0.6) is 0 Å². The summed E-state index contributed by atoms with van der Waals surface area (Å²) in [6.45, 7) is 7.21. The molecule has 3 rings (SSSR count). The number of imidazole rings is 1. The maximum atomic E-state index is 13.6. The number of anilines is 1. The number of amides is 1. The molecule has 0 unspecified atom stereocenters. The number of rotatable bonds is 5. The number of hydrogen-bond acceptors (Lipinski definition) is 3. The molecule has 0 fully saturated rings. The number of fused-ring (bicyclic) bond motifs is 1. The first-order valence-electron chi connectivity index (χ1n) is 8.33. The lowest BCUT2D eigenvalue weighted by Gasteiger charge is -2.21. The van der Waals surface area contributed by atoms with Crippen molar-refractivity contribution in [2.24, 2.45) is 5.41 Å². The predicted octanol–water partition coefficient (Wildman–Crippen LogP) is 3.00. The molecule has 0 aliphatic heterocycles. The molecule has 2 aromatic heterocycles. The molecule has 1 amide bonds. The van der Waals surface area contributed by atoms with Crippen molar-refractivity contribution >= 4 is 23.1 Å². The molecule has 7 heteroatoms. The predicted molar refractivity (Wildman–Crippen MR) is 98.6 cm³/mol. The van der Waals surface area contributed by atoms with Crippen LogP contribution in [0.2, 0.25) is 0 Å². The molecule has 0 saturated carbocycles. The Hall–Kier alpha value is -2.96. The molecule has 0 spiro atoms. The van der Waals surface area contributed by atoms with Gasteiger partial charge in [-0.2, -0.15) is 0 Å². The smallest absolute Gasteiger partial charge is 0.274 e. The summed E-state index contributed by atoms with van der Waals surface area (Å²) in [4.78, 5) is 27.7. The molecule has 1 N–H and O–H groups in total. The molecular formula is C19H21FN4O2. The molecular weight excluding hydrogens is 335 g/mol. The van der Waals surface area contributed by atoms with Gasteiger partial charge in [0.1, 0.15) is 17.3 Å². The first kappa shape index (κ1) is 17.8. The van der Waals surface area contributed by atoms with Crippen LogP contribution in [-0.4, -0.2) is 20.5 Å². The van der Waals surface area contributed by atoms with Gasteiger partial charge in [-0.15, -0.1) is 0 Å². The number of nitrogens with zero attached hydrogens (tertiary/aromatic N) is 3. The van der Waals surface area contributed by atoms with Gasteiger partial charge in [0.05, 0.1) is 17.6 Å². The van der Waals surface area contributed by atoms with E-state index in [0.29, 0.717) is 24.3 Å². The van der Waals surface area contributed by atoms with E-state index in [1.165, 1.54) is 16.7 Å². The Bertz CT molecular complexity index is 1010. The van der Waals surface area contributed by atoms with E-state index in [4.69, 9.17) is 0 Å². The van der Waals surface area contributed by atoms with Crippen LogP contribution in [0.3, 0.4) is 0 Å². The summed E-state index contributed by atoms with van der Waals surface area (Å²) in [5.74, 6) is 0.310. The van der Waals surface area contributed by atoms with Crippen LogP contribution in [0.15, 0.2) is 41.3 Å². The van der Waals surface area contributed by atoms with Crippen molar-refractivity contribution in [3.05, 3.63) is 58.5 Å². The summed E-state index contributed by atoms with van der Waals surface area (Å²) in [5, 5.41) is 2.40. The number of pyridine rings is 1. The number of carbonyl (C=O) groups excluding carboxylic acids is 1. The van der Waals surface area contributed by atoms with Crippen LogP contribution in [0.25, 0.3) is 11.0 Å². The average molecular weight is 356 g/mol. The zero-order valence-corrected chi connectivity index (χ0v) is 15.0. The zero-order chi connectivity index (χ0) is 18.9. The molecule has 0 aliphatic rings. The lowest BCUT2D eigenvalue weighted by Crippen LogP contribution is -2.25. The SMILES string of the molecule is CC(C)(C)Cn1c(Cn2cccc(NC=O)c2=O)nc2cc(F)ccc21. The van der Waals surface area contributed by atoms with Crippen molar-refractivity contribution in [2.45, 2.75) is 33.9 Å². The Kier molecular flexibility index (Phi) is 4.63. The van der Waals surface area contributed by atoms with Gasteiger partial charge in [-0.25, -0.2) is 9.37 Å². The van der Waals surface area contributed by atoms with E-state index in [0.717, 1.165) is 5.52 Å². The van der Waals surface area contributed by atoms with Crippen LogP contribution in [0.4, 0.5) is 10.1 Å². The Balaban J connectivity index is 2.10. The Morgan fingerprint density at radius 3 is 2.73 bits per heavy atom. The lowest BCUT2D eigenvalue weighted by atomic mass is 9.96. The van der Waals surface area contributed by atoms with E-state index >= 15 is 0 Å². The highest BCUT2D eigenvalue weighted by Gasteiger charge is 2.18. The van der Waals surface area contributed by atoms with Crippen LogP contribution < -0.4 is 10.9 Å². The third-order valence-corrected chi connectivity index (χ3v) is 3.97. The summed E-state index contributed by atoms with van der Waals surface area (Å²) in [5.41, 5.74) is 1.24. The van der Waals surface area contributed by atoms with E-state index in [2.05, 4.69) is 31.1 Å². The van der Waals surface area contributed by atoms with E-state index < -0.39 is 0 Å². The maximum absolute atomic E-state index is 13.6. The first-order chi connectivity index (χ1) is 12.3. The van der Waals surface area contributed by atoms with Crippen LogP contribution in [0, 0.1) is 11.2 Å². The van der Waals surface area contributed by atoms with Crippen molar-refractivity contribution in [2.75, 3.05) is 5.32 Å². The van der Waals surface area contributed by atoms with Gasteiger partial charge in [0, 0.05) is 18.8 Å². The molecule has 0 atom stereocenters. The fraction of sp³-hybridized carbons (Fsp3) is 0.316. The molecule has 26 heavy (non-hydrogen) atoms. The molecule has 0 saturated heterocycles. The monoisotopic (exact) mass is 356 g/mol. The van der Waals surface area contributed by atoms with Gasteiger partial charge in [0.15, 0.2) is 0 Å². The number of hydrogen-bond donors (Lipinski definition) is 1. The summed E-state index contributed by atoms with van der Waals surface area (Å²) in [6, 6.07) is 7.74. The van der Waals surface area contributed by atoms with Crippen LogP contribution in [0.1, 0.15) is 26.6 Å². The van der Waals surface area contributed by atoms with E-state index in [-0.39, 0.29) is 29.0 Å². The molecule has 6 nitrogen and oxygen atoms in total. The Morgan fingerprint density at radius 2 is 2.04 bits per heavy atom. The van der Waals surface area contributed by atoms with E-state index in [9.17, 15) is 14.0 Å². The maximum Gasteiger partial charge on any atom is 0.274 e. The minimum Gasteiger partial charge on any atom is -0.326 e. The Labute approximate surface area is 150 Å². The first-order valence-corrected chi connectivity index (χ1v) is 8.33. The van der Waals surface area contributed by atoms with Gasteiger partial charge < -0.3 is 14.5 Å². The second-order valence-electron chi connectivity index (χ2n) is 7.42. The molecule has 0 radical (unpaired) electrons. The number of carbonyl (C=O) groups is 1. The third kappa shape index (κ3) is 3.66. The van der Waals surface area contributed by atoms with Gasteiger partial charge in [0.2, 0.25) is 6.41 Å². The van der Waals surface area contributed by atoms with Gasteiger partial charge >= 0.3 is 0 Å². The second-order valence-corrected chi connectivity index (χ2v) is 7.42. The standard InChI is InChI=1S/C19H21FN4O2/c1-19(2,3)11-24-16-7-6-13(20)9-15(16)22-17(24)10-23-8-4-5-14(18(23)26)21-12-25/h4-9,12H,10-11H2,1-3H3,(H,21,25). The fourth-order valence-electron chi connectivity index (χ4n) is 2.91. The molecule has 136 valence electrons. The number of halogens is 1. The average Bonchev–Trinajstić information content (AvgIpc) is 2.86. The van der Waals surface area contributed by atoms with Gasteiger partial charge in [0.25, 0.3) is 5.56 Å². The highest BCUT2D eigenvalue weighted by atomic mass is 19.1. The minimum atomic E-state index is -0.348. The molecule has 3 aromatic rings. The van der Waals surface area contributed by atoms with Crippen molar-refractivity contribution in [3.8, 4) is 0 Å². The topological polar surface area (TPSA) is 68.9 Å². The van der Waals surface area contributed by atoms with Gasteiger partial charge in [-0.05, 0) is 29.7 Å². The van der Waals surface area contributed by atoms with E-state index in [1.807, 2.05) is 4.57 Å². The summed E-state index contributed by atoms with van der Waals surface area (Å²) in [7, 11) is 0. The number of nitrogens with one attached hydrogen (secondary N) is 1. The number of benzene rings is 1. The molecule has 1 aromatic carbocycles. The molecule has 2 heterocycles. The summed E-state index contributed by atoms with van der Waals surface area (Å²) in [6.07, 6.45) is 2.11. The lowest BCUT2D eigenvalue weighted by molar-refractivity contribution is -0.105. The Morgan fingerprint density at radius 1 is 1.27 bits per heavy atom. The molecule has 0 aliphatic carbocycles. The van der Waals surface area contributed by atoms with Crippen molar-refractivity contribution < 1.29 is 9.18 Å². The number of aromatic nitrogens is 3. The summed E-state index contributed by atoms with van der Waals surface area (Å²) >= 11 is 0. The normalized spacial score (nSPS) is 11.7. The van der Waals surface area contributed by atoms with Crippen LogP contribution >= 0.6 is 0 Å². The quantitative estimate of drug-likeness (QED) is 0.715. The van der Waals surface area contributed by atoms with Crippen molar-refractivity contribution in [3.63, 3.8) is 0 Å². The van der Waals surface area contributed by atoms with Crippen LogP contribution in [-0.2, 0) is 17.9 Å². The highest BCUT2D eigenvalue weighted by molar-refractivity contribution is 5.76. The second kappa shape index (κ2) is 6.74. The molecule has 0 bridgehead atoms. The minimum absolute atomic E-state index is 0.0251. The largest absolute Gasteiger partial charge is 0.326 e. The van der Waals surface area contributed by atoms with Gasteiger partial charge in [-0.3, -0.25) is 9.59 Å². The summed E-state index contributed by atoms with van der Waals surface area (Å²) < 4.78 is 17.1.